The highest BCUT2D eigenvalue weighted by Gasteiger charge is 2.16. The summed E-state index contributed by atoms with van der Waals surface area (Å²) in [6.07, 6.45) is 0. The number of carbonyl (C=O) groups is 1. The Bertz CT molecular complexity index is 598. The van der Waals surface area contributed by atoms with Crippen molar-refractivity contribution < 1.29 is 4.79 Å². The minimum Gasteiger partial charge on any atom is -0.293 e. The Balaban J connectivity index is 2.12. The fourth-order valence-corrected chi connectivity index (χ4v) is 3.12. The Labute approximate surface area is 126 Å². The molecule has 0 spiro atoms. The second-order valence-electron chi connectivity index (χ2n) is 4.09. The molecule has 2 rings (SSSR count). The van der Waals surface area contributed by atoms with Gasteiger partial charge < -0.3 is 0 Å². The number of hydrogen-bond acceptors (Lipinski definition) is 2. The van der Waals surface area contributed by atoms with Crippen LogP contribution in [0.5, 0.6) is 0 Å². The Morgan fingerprint density at radius 3 is 2.32 bits per heavy atom. The van der Waals surface area contributed by atoms with Gasteiger partial charge in [-0.2, -0.15) is 0 Å². The zero-order valence-electron chi connectivity index (χ0n) is 10.3. The number of thioether (sulfide) groups is 1. The van der Waals surface area contributed by atoms with Gasteiger partial charge in [0.05, 0.1) is 5.25 Å². The lowest BCUT2D eigenvalue weighted by atomic mass is 10.1. The van der Waals surface area contributed by atoms with E-state index in [2.05, 4.69) is 0 Å². The van der Waals surface area contributed by atoms with Crippen molar-refractivity contribution in [1.82, 2.24) is 0 Å². The Kier molecular flexibility index (Phi) is 4.92. The van der Waals surface area contributed by atoms with Gasteiger partial charge >= 0.3 is 0 Å². The van der Waals surface area contributed by atoms with Crippen LogP contribution in [0.4, 0.5) is 0 Å². The van der Waals surface area contributed by atoms with Gasteiger partial charge in [-0.1, -0.05) is 41.4 Å². The molecule has 2 aromatic carbocycles. The molecule has 19 heavy (non-hydrogen) atoms. The molecule has 1 nitrogen and oxygen atoms in total. The van der Waals surface area contributed by atoms with Crippen molar-refractivity contribution in [2.24, 2.45) is 0 Å². The van der Waals surface area contributed by atoms with Crippen LogP contribution in [0.3, 0.4) is 0 Å². The van der Waals surface area contributed by atoms with E-state index in [1.54, 1.807) is 24.3 Å². The van der Waals surface area contributed by atoms with Crippen molar-refractivity contribution in [3.63, 3.8) is 0 Å². The van der Waals surface area contributed by atoms with E-state index in [-0.39, 0.29) is 11.0 Å². The van der Waals surface area contributed by atoms with E-state index in [0.29, 0.717) is 15.6 Å². The van der Waals surface area contributed by atoms with Crippen LogP contribution in [0.25, 0.3) is 0 Å². The number of Topliss-reactive ketones (excluding diaryl/α,β-unsaturated/α-hetero) is 1. The average molecular weight is 311 g/mol. The van der Waals surface area contributed by atoms with Crippen molar-refractivity contribution in [2.75, 3.05) is 0 Å². The minimum atomic E-state index is -0.183. The smallest absolute Gasteiger partial charge is 0.175 e. The molecule has 0 radical (unpaired) electrons. The highest BCUT2D eigenvalue weighted by Crippen LogP contribution is 2.28. The third kappa shape index (κ3) is 4.00. The first kappa shape index (κ1) is 14.4. The summed E-state index contributed by atoms with van der Waals surface area (Å²) < 4.78 is 0. The molecule has 0 amide bonds. The molecule has 2 aromatic rings. The first-order chi connectivity index (χ1) is 9.06. The molecule has 1 atom stereocenters. The zero-order chi connectivity index (χ0) is 13.8. The highest BCUT2D eigenvalue weighted by atomic mass is 35.5. The largest absolute Gasteiger partial charge is 0.293 e. The van der Waals surface area contributed by atoms with Gasteiger partial charge in [-0.05, 0) is 37.3 Å². The van der Waals surface area contributed by atoms with Crippen LogP contribution in [0, 0.1) is 0 Å². The normalized spacial score (nSPS) is 12.2. The van der Waals surface area contributed by atoms with Crippen LogP contribution < -0.4 is 0 Å². The van der Waals surface area contributed by atoms with E-state index < -0.39 is 0 Å². The molecule has 0 fully saturated rings. The highest BCUT2D eigenvalue weighted by molar-refractivity contribution is 8.00. The molecular weight excluding hydrogens is 299 g/mol. The number of benzene rings is 2. The maximum atomic E-state index is 12.3. The molecule has 0 aliphatic heterocycles. The molecule has 98 valence electrons. The minimum absolute atomic E-state index is 0.0625. The van der Waals surface area contributed by atoms with E-state index in [1.807, 2.05) is 31.2 Å². The summed E-state index contributed by atoms with van der Waals surface area (Å²) in [6, 6.07) is 14.5. The lowest BCUT2D eigenvalue weighted by molar-refractivity contribution is 0.0994. The molecular formula is C15H12Cl2OS. The Morgan fingerprint density at radius 1 is 1.05 bits per heavy atom. The summed E-state index contributed by atoms with van der Waals surface area (Å²) in [5.41, 5.74) is 0.634. The standard InChI is InChI=1S/C15H12Cl2OS/c1-10(19-14-7-3-6-13(17)9-14)15(18)11-4-2-5-12(16)8-11/h2-10H,1H3. The van der Waals surface area contributed by atoms with Crippen LogP contribution >= 0.6 is 35.0 Å². The van der Waals surface area contributed by atoms with Gasteiger partial charge in [0.25, 0.3) is 0 Å². The topological polar surface area (TPSA) is 17.1 Å². The predicted octanol–water partition coefficient (Wildman–Crippen LogP) is 5.36. The van der Waals surface area contributed by atoms with Crippen molar-refractivity contribution in [3.8, 4) is 0 Å². The summed E-state index contributed by atoms with van der Waals surface area (Å²) in [5.74, 6) is 0.0625. The maximum Gasteiger partial charge on any atom is 0.175 e. The van der Waals surface area contributed by atoms with E-state index in [1.165, 1.54) is 11.8 Å². The summed E-state index contributed by atoms with van der Waals surface area (Å²) in [7, 11) is 0. The Hall–Kier alpha value is -0.960. The molecule has 0 aliphatic carbocycles. The number of carbonyl (C=O) groups excluding carboxylic acids is 1. The van der Waals surface area contributed by atoms with Crippen LogP contribution in [0.1, 0.15) is 17.3 Å². The lowest BCUT2D eigenvalue weighted by Gasteiger charge is -2.10. The van der Waals surface area contributed by atoms with Crippen molar-refractivity contribution >= 4 is 40.7 Å². The number of hydrogen-bond donors (Lipinski definition) is 0. The molecule has 0 aliphatic rings. The summed E-state index contributed by atoms with van der Waals surface area (Å²) in [6.45, 7) is 1.88. The van der Waals surface area contributed by atoms with Gasteiger partial charge in [-0.3, -0.25) is 4.79 Å². The van der Waals surface area contributed by atoms with Crippen LogP contribution in [0.15, 0.2) is 53.4 Å². The molecule has 0 bridgehead atoms. The Morgan fingerprint density at radius 2 is 1.68 bits per heavy atom. The second-order valence-corrected chi connectivity index (χ2v) is 6.38. The van der Waals surface area contributed by atoms with Crippen LogP contribution in [-0.2, 0) is 0 Å². The average Bonchev–Trinajstić information content (AvgIpc) is 2.38. The van der Waals surface area contributed by atoms with Gasteiger partial charge in [-0.15, -0.1) is 11.8 Å². The van der Waals surface area contributed by atoms with Gasteiger partial charge in [0, 0.05) is 20.5 Å². The molecule has 0 saturated carbocycles. The molecule has 1 unspecified atom stereocenters. The fourth-order valence-electron chi connectivity index (χ4n) is 1.67. The SMILES string of the molecule is CC(Sc1cccc(Cl)c1)C(=O)c1cccc(Cl)c1. The van der Waals surface area contributed by atoms with Crippen LogP contribution in [-0.4, -0.2) is 11.0 Å². The van der Waals surface area contributed by atoms with E-state index >= 15 is 0 Å². The van der Waals surface area contributed by atoms with E-state index in [9.17, 15) is 4.79 Å². The quantitative estimate of drug-likeness (QED) is 0.559. The van der Waals surface area contributed by atoms with Crippen molar-refractivity contribution in [1.29, 1.82) is 0 Å². The molecule has 4 heteroatoms. The molecule has 0 heterocycles. The summed E-state index contributed by atoms with van der Waals surface area (Å²) >= 11 is 13.3. The van der Waals surface area contributed by atoms with Gasteiger partial charge in [0.2, 0.25) is 0 Å². The number of halogens is 2. The third-order valence-corrected chi connectivity index (χ3v) is 4.15. The first-order valence-electron chi connectivity index (χ1n) is 5.78. The molecule has 0 N–H and O–H groups in total. The van der Waals surface area contributed by atoms with Crippen molar-refractivity contribution in [3.05, 3.63) is 64.1 Å². The predicted molar refractivity (Wildman–Crippen MR) is 82.6 cm³/mol. The maximum absolute atomic E-state index is 12.3. The van der Waals surface area contributed by atoms with Gasteiger partial charge in [-0.25, -0.2) is 0 Å². The van der Waals surface area contributed by atoms with Gasteiger partial charge in [0.15, 0.2) is 5.78 Å². The summed E-state index contributed by atoms with van der Waals surface area (Å²) in [5, 5.41) is 1.06. The van der Waals surface area contributed by atoms with E-state index in [4.69, 9.17) is 23.2 Å². The monoisotopic (exact) mass is 310 g/mol. The number of rotatable bonds is 4. The number of ketones is 1. The molecule has 0 aromatic heterocycles. The second kappa shape index (κ2) is 6.47. The van der Waals surface area contributed by atoms with Crippen LogP contribution in [0.2, 0.25) is 10.0 Å². The zero-order valence-corrected chi connectivity index (χ0v) is 12.6. The van der Waals surface area contributed by atoms with Gasteiger partial charge in [0.1, 0.15) is 0 Å². The summed E-state index contributed by atoms with van der Waals surface area (Å²) in [4.78, 5) is 13.3. The lowest BCUT2D eigenvalue weighted by Crippen LogP contribution is -2.13. The van der Waals surface area contributed by atoms with E-state index in [0.717, 1.165) is 4.90 Å². The molecule has 0 saturated heterocycles. The third-order valence-electron chi connectivity index (χ3n) is 2.59. The fraction of sp³-hybridized carbons (Fsp3) is 0.133. The first-order valence-corrected chi connectivity index (χ1v) is 7.42. The van der Waals surface area contributed by atoms with Crippen molar-refractivity contribution in [2.45, 2.75) is 17.1 Å².